The molecule has 9 nitrogen and oxygen atoms in total. The van der Waals surface area contributed by atoms with Crippen molar-refractivity contribution in [2.75, 3.05) is 13.2 Å². The number of carbonyl (C=O) groups is 4. The maximum atomic E-state index is 11.6. The summed E-state index contributed by atoms with van der Waals surface area (Å²) in [5, 5.41) is 16.9. The van der Waals surface area contributed by atoms with Crippen molar-refractivity contribution in [2.24, 2.45) is 5.73 Å². The van der Waals surface area contributed by atoms with E-state index in [0.717, 1.165) is 0 Å². The van der Waals surface area contributed by atoms with E-state index < -0.39 is 29.9 Å². The van der Waals surface area contributed by atoms with Crippen LogP contribution in [-0.2, 0) is 28.7 Å². The second-order valence-corrected chi connectivity index (χ2v) is 5.61. The van der Waals surface area contributed by atoms with Gasteiger partial charge >= 0.3 is 23.9 Å². The first-order chi connectivity index (χ1) is 11.8. The summed E-state index contributed by atoms with van der Waals surface area (Å²) >= 11 is 0. The van der Waals surface area contributed by atoms with Gasteiger partial charge in [-0.2, -0.15) is 0 Å². The van der Waals surface area contributed by atoms with Crippen molar-refractivity contribution in [1.29, 1.82) is 0 Å². The van der Waals surface area contributed by atoms with E-state index in [9.17, 15) is 19.2 Å². The molecule has 0 aliphatic rings. The van der Waals surface area contributed by atoms with Crippen LogP contribution in [0, 0.1) is 0 Å². The van der Waals surface area contributed by atoms with E-state index in [2.05, 4.69) is 0 Å². The van der Waals surface area contributed by atoms with Crippen LogP contribution >= 0.6 is 0 Å². The minimum atomic E-state index is -1.10. The van der Waals surface area contributed by atoms with Gasteiger partial charge < -0.3 is 25.4 Å². The molecule has 0 aliphatic heterocycles. The second kappa shape index (κ2) is 14.2. The number of aliphatic carboxylic acids is 2. The van der Waals surface area contributed by atoms with Crippen LogP contribution in [0.5, 0.6) is 0 Å². The van der Waals surface area contributed by atoms with E-state index >= 15 is 0 Å². The number of esters is 2. The number of carboxylic acids is 2. The van der Waals surface area contributed by atoms with E-state index in [-0.39, 0.29) is 32.5 Å². The van der Waals surface area contributed by atoms with Crippen LogP contribution in [0.2, 0.25) is 0 Å². The zero-order valence-corrected chi connectivity index (χ0v) is 14.3. The first-order valence-electron chi connectivity index (χ1n) is 8.34. The summed E-state index contributed by atoms with van der Waals surface area (Å²) < 4.78 is 9.84. The molecule has 0 spiro atoms. The number of carbonyl (C=O) groups excluding carboxylic acids is 2. The molecule has 0 saturated heterocycles. The van der Waals surface area contributed by atoms with Crippen LogP contribution in [0.25, 0.3) is 0 Å². The molecule has 0 aromatic rings. The molecule has 0 unspecified atom stereocenters. The Morgan fingerprint density at radius 3 is 1.72 bits per heavy atom. The SMILES string of the molecule is N[C@@H](CC(=O)OCCCCCC(=O)O)C(=O)OCCCCCC(=O)O. The van der Waals surface area contributed by atoms with Crippen molar-refractivity contribution in [3.63, 3.8) is 0 Å². The zero-order chi connectivity index (χ0) is 19.1. The van der Waals surface area contributed by atoms with Gasteiger partial charge in [-0.25, -0.2) is 0 Å². The molecule has 4 N–H and O–H groups in total. The van der Waals surface area contributed by atoms with Crippen molar-refractivity contribution >= 4 is 23.9 Å². The van der Waals surface area contributed by atoms with Crippen LogP contribution in [0.3, 0.4) is 0 Å². The van der Waals surface area contributed by atoms with Crippen LogP contribution in [-0.4, -0.2) is 53.3 Å². The van der Waals surface area contributed by atoms with Gasteiger partial charge in [0.25, 0.3) is 0 Å². The predicted octanol–water partition coefficient (Wildman–Crippen LogP) is 1.08. The predicted molar refractivity (Wildman–Crippen MR) is 86.7 cm³/mol. The summed E-state index contributed by atoms with van der Waals surface area (Å²) in [4.78, 5) is 43.7. The minimum Gasteiger partial charge on any atom is -0.481 e. The molecule has 0 radical (unpaired) electrons. The molecule has 0 aromatic heterocycles. The molecule has 0 aliphatic carbocycles. The van der Waals surface area contributed by atoms with Crippen molar-refractivity contribution in [3.05, 3.63) is 0 Å². The minimum absolute atomic E-state index is 0.0790. The molecule has 0 fully saturated rings. The average Bonchev–Trinajstić information content (AvgIpc) is 2.53. The molecule has 0 amide bonds. The van der Waals surface area contributed by atoms with E-state index in [1.807, 2.05) is 0 Å². The van der Waals surface area contributed by atoms with Gasteiger partial charge in [-0.05, 0) is 38.5 Å². The fourth-order valence-corrected chi connectivity index (χ4v) is 1.90. The Morgan fingerprint density at radius 1 is 0.760 bits per heavy atom. The van der Waals surface area contributed by atoms with Crippen LogP contribution < -0.4 is 5.73 Å². The highest BCUT2D eigenvalue weighted by molar-refractivity contribution is 5.82. The quantitative estimate of drug-likeness (QED) is 0.287. The summed E-state index contributed by atoms with van der Waals surface area (Å²) in [5.74, 6) is -3.02. The molecular formula is C16H27NO8. The third kappa shape index (κ3) is 15.1. The van der Waals surface area contributed by atoms with Gasteiger partial charge in [0.1, 0.15) is 6.04 Å². The lowest BCUT2D eigenvalue weighted by atomic mass is 10.2. The van der Waals surface area contributed by atoms with Crippen molar-refractivity contribution in [2.45, 2.75) is 63.8 Å². The van der Waals surface area contributed by atoms with Crippen LogP contribution in [0.15, 0.2) is 0 Å². The monoisotopic (exact) mass is 361 g/mol. The number of unbranched alkanes of at least 4 members (excludes halogenated alkanes) is 4. The number of ether oxygens (including phenoxy) is 2. The maximum Gasteiger partial charge on any atom is 0.323 e. The molecular weight excluding hydrogens is 334 g/mol. The number of hydrogen-bond acceptors (Lipinski definition) is 7. The number of rotatable bonds is 15. The lowest BCUT2D eigenvalue weighted by molar-refractivity contribution is -0.152. The lowest BCUT2D eigenvalue weighted by Crippen LogP contribution is -2.35. The van der Waals surface area contributed by atoms with Gasteiger partial charge in [0.15, 0.2) is 0 Å². The van der Waals surface area contributed by atoms with E-state index in [1.165, 1.54) is 0 Å². The van der Waals surface area contributed by atoms with Crippen LogP contribution in [0.4, 0.5) is 0 Å². The normalized spacial score (nSPS) is 11.6. The van der Waals surface area contributed by atoms with Crippen molar-refractivity contribution in [3.8, 4) is 0 Å². The molecule has 0 aromatic carbocycles. The van der Waals surface area contributed by atoms with Gasteiger partial charge in [-0.3, -0.25) is 19.2 Å². The third-order valence-corrected chi connectivity index (χ3v) is 3.27. The Kier molecular flexibility index (Phi) is 13.0. The van der Waals surface area contributed by atoms with Gasteiger partial charge in [-0.1, -0.05) is 0 Å². The zero-order valence-electron chi connectivity index (χ0n) is 14.3. The van der Waals surface area contributed by atoms with E-state index in [1.54, 1.807) is 0 Å². The largest absolute Gasteiger partial charge is 0.481 e. The number of nitrogens with two attached hydrogens (primary N) is 1. The molecule has 0 heterocycles. The fraction of sp³-hybridized carbons (Fsp3) is 0.750. The number of hydrogen-bond donors (Lipinski definition) is 3. The fourth-order valence-electron chi connectivity index (χ4n) is 1.90. The topological polar surface area (TPSA) is 153 Å². The molecule has 144 valence electrons. The standard InChI is InChI=1S/C16H27NO8/c17-12(16(23)25-10-6-2-4-8-14(20)21)11-15(22)24-9-5-1-3-7-13(18)19/h12H,1-11,17H2,(H,18,19)(H,20,21)/t12-/m0/s1. The highest BCUT2D eigenvalue weighted by Crippen LogP contribution is 2.03. The van der Waals surface area contributed by atoms with E-state index in [0.29, 0.717) is 38.5 Å². The summed E-state index contributed by atoms with van der Waals surface area (Å²) in [6.45, 7) is 0.286. The lowest BCUT2D eigenvalue weighted by Gasteiger charge is -2.11. The summed E-state index contributed by atoms with van der Waals surface area (Å²) in [6.07, 6.45) is 3.25. The molecule has 1 atom stereocenters. The van der Waals surface area contributed by atoms with Gasteiger partial charge in [0.2, 0.25) is 0 Å². The second-order valence-electron chi connectivity index (χ2n) is 5.61. The van der Waals surface area contributed by atoms with Crippen molar-refractivity contribution < 1.29 is 38.9 Å². The molecule has 0 rings (SSSR count). The molecule has 9 heteroatoms. The average molecular weight is 361 g/mol. The smallest absolute Gasteiger partial charge is 0.323 e. The van der Waals surface area contributed by atoms with Gasteiger partial charge in [0, 0.05) is 12.8 Å². The van der Waals surface area contributed by atoms with Crippen LogP contribution in [0.1, 0.15) is 57.8 Å². The molecule has 25 heavy (non-hydrogen) atoms. The summed E-state index contributed by atoms with van der Waals surface area (Å²) in [7, 11) is 0. The highest BCUT2D eigenvalue weighted by Gasteiger charge is 2.19. The van der Waals surface area contributed by atoms with E-state index in [4.69, 9.17) is 25.4 Å². The first-order valence-corrected chi connectivity index (χ1v) is 8.34. The van der Waals surface area contributed by atoms with Crippen molar-refractivity contribution in [1.82, 2.24) is 0 Å². The summed E-state index contributed by atoms with van der Waals surface area (Å²) in [5.41, 5.74) is 5.57. The summed E-state index contributed by atoms with van der Waals surface area (Å²) in [6, 6.07) is -1.10. The Bertz CT molecular complexity index is 438. The Balaban J connectivity index is 3.65. The Morgan fingerprint density at radius 2 is 1.24 bits per heavy atom. The first kappa shape index (κ1) is 22.8. The van der Waals surface area contributed by atoms with Gasteiger partial charge in [0.05, 0.1) is 19.6 Å². The molecule has 0 bridgehead atoms. The third-order valence-electron chi connectivity index (χ3n) is 3.27. The Labute approximate surface area is 146 Å². The molecule has 0 saturated carbocycles. The number of carboxylic acid groups (broad SMARTS) is 2. The Hall–Kier alpha value is -2.16. The highest BCUT2D eigenvalue weighted by atomic mass is 16.5. The van der Waals surface area contributed by atoms with Gasteiger partial charge in [-0.15, -0.1) is 0 Å². The maximum absolute atomic E-state index is 11.6.